The summed E-state index contributed by atoms with van der Waals surface area (Å²) < 4.78 is 0. The van der Waals surface area contributed by atoms with Crippen LogP contribution < -0.4 is 16.4 Å². The molecule has 1 aliphatic rings. The third-order valence-electron chi connectivity index (χ3n) is 8.65. The van der Waals surface area contributed by atoms with E-state index in [1.54, 1.807) is 54.3 Å². The van der Waals surface area contributed by atoms with Gasteiger partial charge < -0.3 is 26.4 Å². The molecule has 3 aromatic rings. The smallest absolute Gasteiger partial charge is 0.316 e. The minimum Gasteiger partial charge on any atom is -0.384 e. The van der Waals surface area contributed by atoms with Gasteiger partial charge in [0.25, 0.3) is 5.91 Å². The van der Waals surface area contributed by atoms with E-state index in [9.17, 15) is 19.5 Å². The normalized spacial score (nSPS) is 19.6. The molecule has 1 heterocycles. The van der Waals surface area contributed by atoms with Crippen molar-refractivity contribution in [2.24, 2.45) is 17.1 Å². The molecular formula is C33H39ClN4O4. The third kappa shape index (κ3) is 6.01. The number of rotatable bonds is 7. The number of nitrogens with two attached hydrogens (primary N) is 1. The monoisotopic (exact) mass is 590 g/mol. The summed E-state index contributed by atoms with van der Waals surface area (Å²) in [7, 11) is 0. The second-order valence-corrected chi connectivity index (χ2v) is 12.6. The fourth-order valence-corrected chi connectivity index (χ4v) is 5.77. The van der Waals surface area contributed by atoms with Crippen molar-refractivity contribution < 1.29 is 19.5 Å². The molecule has 1 aliphatic heterocycles. The van der Waals surface area contributed by atoms with Crippen LogP contribution in [0.1, 0.15) is 57.0 Å². The maximum absolute atomic E-state index is 14.1. The number of urea groups is 1. The van der Waals surface area contributed by atoms with Crippen molar-refractivity contribution in [2.45, 2.75) is 52.2 Å². The Morgan fingerprint density at radius 1 is 1.02 bits per heavy atom. The predicted octanol–water partition coefficient (Wildman–Crippen LogP) is 5.79. The third-order valence-corrected chi connectivity index (χ3v) is 8.90. The number of hydrogen-bond acceptors (Lipinski definition) is 4. The molecule has 1 fully saturated rings. The Kier molecular flexibility index (Phi) is 8.71. The number of nitrogens with one attached hydrogen (secondary N) is 2. The average Bonchev–Trinajstić information content (AvgIpc) is 2.94. The van der Waals surface area contributed by atoms with E-state index in [1.165, 1.54) is 0 Å². The van der Waals surface area contributed by atoms with Crippen molar-refractivity contribution in [1.82, 2.24) is 10.2 Å². The molecule has 0 spiro atoms. The second kappa shape index (κ2) is 11.8. The van der Waals surface area contributed by atoms with Crippen molar-refractivity contribution in [1.29, 1.82) is 0 Å². The summed E-state index contributed by atoms with van der Waals surface area (Å²) in [4.78, 5) is 41.0. The van der Waals surface area contributed by atoms with E-state index in [4.69, 9.17) is 17.3 Å². The highest BCUT2D eigenvalue weighted by molar-refractivity contribution is 6.30. The van der Waals surface area contributed by atoms with Crippen LogP contribution in [0.5, 0.6) is 0 Å². The van der Waals surface area contributed by atoms with Gasteiger partial charge in [-0.1, -0.05) is 81.8 Å². The lowest BCUT2D eigenvalue weighted by Crippen LogP contribution is -2.65. The summed E-state index contributed by atoms with van der Waals surface area (Å²) in [5.41, 5.74) is 5.39. The number of benzene rings is 3. The van der Waals surface area contributed by atoms with Gasteiger partial charge in [0.2, 0.25) is 5.91 Å². The number of carbonyl (C=O) groups excluding carboxylic acids is 3. The molecule has 3 aromatic carbocycles. The fourth-order valence-electron chi connectivity index (χ4n) is 5.64. The number of primary amides is 1. The Balaban J connectivity index is 1.56. The zero-order chi connectivity index (χ0) is 30.9. The molecule has 0 saturated carbocycles. The van der Waals surface area contributed by atoms with Crippen LogP contribution in [0.2, 0.25) is 5.02 Å². The molecule has 2 atom stereocenters. The van der Waals surface area contributed by atoms with Gasteiger partial charge in [-0.05, 0) is 60.7 Å². The lowest BCUT2D eigenvalue weighted by molar-refractivity contribution is -0.159. The number of likely N-dealkylation sites (tertiary alicyclic amines) is 1. The van der Waals surface area contributed by atoms with Crippen LogP contribution in [0.25, 0.3) is 11.1 Å². The van der Waals surface area contributed by atoms with E-state index >= 15 is 0 Å². The van der Waals surface area contributed by atoms with E-state index in [2.05, 4.69) is 10.6 Å². The van der Waals surface area contributed by atoms with Crippen LogP contribution in [0.4, 0.5) is 10.5 Å². The molecule has 4 amide bonds. The fraction of sp³-hybridized carbons (Fsp3) is 0.364. The number of carbonyl (C=O) groups is 3. The van der Waals surface area contributed by atoms with Crippen molar-refractivity contribution in [3.05, 3.63) is 88.9 Å². The average molecular weight is 591 g/mol. The van der Waals surface area contributed by atoms with Crippen LogP contribution in [0.3, 0.4) is 0 Å². The number of amides is 4. The second-order valence-electron chi connectivity index (χ2n) is 12.2. The van der Waals surface area contributed by atoms with E-state index < -0.39 is 28.5 Å². The number of halogens is 1. The van der Waals surface area contributed by atoms with Crippen LogP contribution in [0.15, 0.2) is 72.8 Å². The number of piperidine rings is 1. The molecule has 5 N–H and O–H groups in total. The standard InChI is InChI=1S/C33H39ClN4O4/c1-21(2)32(5,29(40)38-18-17-33(42,31(3,4)20-38)24-13-15-25(34)16-14-24)37-28(39)23-10-8-9-22(19-23)26-11-6-7-12-27(26)36-30(35)41/h6-16,19,21,42H,17-18,20H2,1-5H3,(H,37,39)(H3,35,36,41)/t32?,33-/m0/s1. The summed E-state index contributed by atoms with van der Waals surface area (Å²) in [6.07, 6.45) is 0.344. The lowest BCUT2D eigenvalue weighted by Gasteiger charge is -2.52. The Morgan fingerprint density at radius 2 is 1.69 bits per heavy atom. The van der Waals surface area contributed by atoms with Gasteiger partial charge in [-0.25, -0.2) is 4.79 Å². The molecule has 8 nitrogen and oxygen atoms in total. The van der Waals surface area contributed by atoms with Gasteiger partial charge >= 0.3 is 6.03 Å². The van der Waals surface area contributed by atoms with E-state index in [0.29, 0.717) is 46.9 Å². The molecule has 0 aromatic heterocycles. The summed E-state index contributed by atoms with van der Waals surface area (Å²) in [5.74, 6) is -0.822. The molecule has 1 unspecified atom stereocenters. The molecule has 222 valence electrons. The van der Waals surface area contributed by atoms with E-state index in [0.717, 1.165) is 5.56 Å². The first-order valence-electron chi connectivity index (χ1n) is 14.0. The SMILES string of the molecule is CC(C)C(C)(NC(=O)c1cccc(-c2ccccc2NC(N)=O)c1)C(=O)N1CC[C@](O)(c2ccc(Cl)cc2)C(C)(C)C1. The molecule has 1 saturated heterocycles. The minimum absolute atomic E-state index is 0.204. The van der Waals surface area contributed by atoms with Crippen molar-refractivity contribution in [3.63, 3.8) is 0 Å². The zero-order valence-corrected chi connectivity index (χ0v) is 25.5. The van der Waals surface area contributed by atoms with Gasteiger partial charge in [0.15, 0.2) is 0 Å². The van der Waals surface area contributed by atoms with Crippen LogP contribution >= 0.6 is 11.6 Å². The molecule has 42 heavy (non-hydrogen) atoms. The largest absolute Gasteiger partial charge is 0.384 e. The van der Waals surface area contributed by atoms with Gasteiger partial charge in [0.05, 0.1) is 11.3 Å². The number of para-hydroxylation sites is 1. The quantitative estimate of drug-likeness (QED) is 0.278. The number of anilines is 1. The van der Waals surface area contributed by atoms with Crippen LogP contribution in [-0.4, -0.2) is 46.5 Å². The highest BCUT2D eigenvalue weighted by Gasteiger charge is 2.52. The highest BCUT2D eigenvalue weighted by Crippen LogP contribution is 2.46. The lowest BCUT2D eigenvalue weighted by atomic mass is 9.66. The number of aliphatic hydroxyl groups is 1. The van der Waals surface area contributed by atoms with Crippen LogP contribution in [0, 0.1) is 11.3 Å². The first-order valence-corrected chi connectivity index (χ1v) is 14.4. The van der Waals surface area contributed by atoms with Gasteiger partial charge in [0.1, 0.15) is 5.54 Å². The highest BCUT2D eigenvalue weighted by atomic mass is 35.5. The van der Waals surface area contributed by atoms with Gasteiger partial charge in [-0.2, -0.15) is 0 Å². The first kappa shape index (κ1) is 31.1. The Morgan fingerprint density at radius 3 is 2.31 bits per heavy atom. The topological polar surface area (TPSA) is 125 Å². The van der Waals surface area contributed by atoms with E-state index in [-0.39, 0.29) is 11.8 Å². The zero-order valence-electron chi connectivity index (χ0n) is 24.7. The Labute approximate surface area is 252 Å². The van der Waals surface area contributed by atoms with Gasteiger partial charge in [-0.3, -0.25) is 9.59 Å². The van der Waals surface area contributed by atoms with Gasteiger partial charge in [0, 0.05) is 34.7 Å². The first-order chi connectivity index (χ1) is 19.7. The van der Waals surface area contributed by atoms with Crippen molar-refractivity contribution in [2.75, 3.05) is 18.4 Å². The molecule has 0 aliphatic carbocycles. The molecule has 0 radical (unpaired) electrons. The Hall–Kier alpha value is -3.88. The minimum atomic E-state index is -1.20. The van der Waals surface area contributed by atoms with E-state index in [1.807, 2.05) is 58.0 Å². The molecular weight excluding hydrogens is 552 g/mol. The number of hydrogen-bond donors (Lipinski definition) is 4. The number of nitrogens with zero attached hydrogens (tertiary/aromatic N) is 1. The van der Waals surface area contributed by atoms with Crippen molar-refractivity contribution >= 4 is 35.1 Å². The van der Waals surface area contributed by atoms with Gasteiger partial charge in [-0.15, -0.1) is 0 Å². The predicted molar refractivity (Wildman–Crippen MR) is 166 cm³/mol. The summed E-state index contributed by atoms with van der Waals surface area (Å²) in [5, 5.41) is 18.0. The van der Waals surface area contributed by atoms with Crippen molar-refractivity contribution in [3.8, 4) is 11.1 Å². The van der Waals surface area contributed by atoms with Crippen LogP contribution in [-0.2, 0) is 10.4 Å². The molecule has 9 heteroatoms. The molecule has 0 bridgehead atoms. The maximum Gasteiger partial charge on any atom is 0.316 e. The Bertz CT molecular complexity index is 1490. The summed E-state index contributed by atoms with van der Waals surface area (Å²) in [6.45, 7) is 10.1. The maximum atomic E-state index is 14.1. The summed E-state index contributed by atoms with van der Waals surface area (Å²) >= 11 is 6.07. The molecule has 4 rings (SSSR count). The summed E-state index contributed by atoms with van der Waals surface area (Å²) in [6, 6.07) is 20.7.